The molecule has 0 atom stereocenters. The van der Waals surface area contributed by atoms with Crippen LogP contribution in [0.1, 0.15) is 24.6 Å². The quantitative estimate of drug-likeness (QED) is 0.801. The van der Waals surface area contributed by atoms with Gasteiger partial charge in [0.1, 0.15) is 17.3 Å². The van der Waals surface area contributed by atoms with Crippen LogP contribution >= 0.6 is 11.6 Å². The van der Waals surface area contributed by atoms with Gasteiger partial charge in [0.05, 0.1) is 12.2 Å². The number of nitrogens with one attached hydrogen (secondary N) is 2. The summed E-state index contributed by atoms with van der Waals surface area (Å²) in [6.07, 6.45) is 5.06. The molecule has 0 aromatic carbocycles. The van der Waals surface area contributed by atoms with Crippen molar-refractivity contribution in [3.63, 3.8) is 0 Å². The minimum absolute atomic E-state index is 0.522. The van der Waals surface area contributed by atoms with E-state index in [0.717, 1.165) is 29.9 Å². The van der Waals surface area contributed by atoms with Gasteiger partial charge in [0.2, 0.25) is 0 Å². The van der Waals surface area contributed by atoms with Crippen LogP contribution in [0.15, 0.2) is 18.6 Å². The van der Waals surface area contributed by atoms with Crippen molar-refractivity contribution in [1.82, 2.24) is 20.2 Å². The number of aromatic amines is 1. The largest absolute Gasteiger partial charge is 0.364 e. The smallest absolute Gasteiger partial charge is 0.137 e. The molecule has 0 aliphatic carbocycles. The zero-order chi connectivity index (χ0) is 12.1. The molecule has 2 heterocycles. The maximum Gasteiger partial charge on any atom is 0.137 e. The lowest BCUT2D eigenvalue weighted by molar-refractivity contribution is 0.892. The van der Waals surface area contributed by atoms with Crippen molar-refractivity contribution in [2.24, 2.45) is 0 Å². The molecule has 0 saturated heterocycles. The van der Waals surface area contributed by atoms with Gasteiger partial charge in [-0.25, -0.2) is 9.97 Å². The summed E-state index contributed by atoms with van der Waals surface area (Å²) in [4.78, 5) is 8.21. The number of nitrogens with zero attached hydrogens (tertiary/aromatic N) is 3. The Morgan fingerprint density at radius 3 is 3.00 bits per heavy atom. The Bertz CT molecular complexity index is 469. The fraction of sp³-hybridized carbons (Fsp3) is 0.364. The third-order valence-corrected chi connectivity index (χ3v) is 2.72. The van der Waals surface area contributed by atoms with E-state index < -0.39 is 0 Å². The SMILES string of the molecule is CCCc1c(Cl)ncnc1NCc1ccn[nH]1. The predicted octanol–water partition coefficient (Wildman–Crippen LogP) is 2.42. The van der Waals surface area contributed by atoms with E-state index in [1.807, 2.05) is 6.07 Å². The summed E-state index contributed by atoms with van der Waals surface area (Å²) >= 11 is 6.06. The Balaban J connectivity index is 2.11. The van der Waals surface area contributed by atoms with E-state index in [1.54, 1.807) is 6.20 Å². The fourth-order valence-electron chi connectivity index (χ4n) is 1.58. The molecule has 5 nitrogen and oxygen atoms in total. The monoisotopic (exact) mass is 251 g/mol. The van der Waals surface area contributed by atoms with Crippen LogP contribution < -0.4 is 5.32 Å². The molecule has 0 spiro atoms. The standard InChI is InChI=1S/C11H14ClN5/c1-2-3-9-10(12)14-7-15-11(9)13-6-8-4-5-16-17-8/h4-5,7H,2-3,6H2,1H3,(H,16,17)(H,13,14,15). The lowest BCUT2D eigenvalue weighted by atomic mass is 10.2. The van der Waals surface area contributed by atoms with Gasteiger partial charge in [0.25, 0.3) is 0 Å². The number of aromatic nitrogens is 4. The van der Waals surface area contributed by atoms with Gasteiger partial charge in [-0.1, -0.05) is 24.9 Å². The third-order valence-electron chi connectivity index (χ3n) is 2.40. The summed E-state index contributed by atoms with van der Waals surface area (Å²) in [5.41, 5.74) is 1.97. The first kappa shape index (κ1) is 11.9. The third kappa shape index (κ3) is 2.94. The number of H-pyrrole nitrogens is 1. The molecule has 0 bridgehead atoms. The van der Waals surface area contributed by atoms with Gasteiger partial charge in [0.15, 0.2) is 0 Å². The van der Waals surface area contributed by atoms with Gasteiger partial charge < -0.3 is 5.32 Å². The molecular weight excluding hydrogens is 238 g/mol. The van der Waals surface area contributed by atoms with Gasteiger partial charge in [0, 0.05) is 11.8 Å². The Hall–Kier alpha value is -1.62. The first-order valence-electron chi connectivity index (χ1n) is 5.52. The van der Waals surface area contributed by atoms with E-state index in [1.165, 1.54) is 6.33 Å². The second-order valence-electron chi connectivity index (χ2n) is 3.68. The Morgan fingerprint density at radius 1 is 1.41 bits per heavy atom. The molecule has 17 heavy (non-hydrogen) atoms. The maximum atomic E-state index is 6.06. The summed E-state index contributed by atoms with van der Waals surface area (Å²) in [7, 11) is 0. The maximum absolute atomic E-state index is 6.06. The van der Waals surface area contributed by atoms with Gasteiger partial charge in [-0.3, -0.25) is 5.10 Å². The van der Waals surface area contributed by atoms with Gasteiger partial charge >= 0.3 is 0 Å². The number of halogens is 1. The van der Waals surface area contributed by atoms with Gasteiger partial charge in [-0.05, 0) is 12.5 Å². The highest BCUT2D eigenvalue weighted by Gasteiger charge is 2.08. The van der Waals surface area contributed by atoms with Crippen molar-refractivity contribution in [3.05, 3.63) is 35.0 Å². The molecular formula is C11H14ClN5. The highest BCUT2D eigenvalue weighted by molar-refractivity contribution is 6.30. The fourth-order valence-corrected chi connectivity index (χ4v) is 1.80. The van der Waals surface area contributed by atoms with E-state index in [0.29, 0.717) is 11.7 Å². The number of rotatable bonds is 5. The van der Waals surface area contributed by atoms with E-state index in [2.05, 4.69) is 32.4 Å². The minimum Gasteiger partial charge on any atom is -0.364 e. The minimum atomic E-state index is 0.522. The molecule has 0 fully saturated rings. The molecule has 0 amide bonds. The van der Waals surface area contributed by atoms with Gasteiger partial charge in [-0.15, -0.1) is 0 Å². The summed E-state index contributed by atoms with van der Waals surface area (Å²) in [5, 5.41) is 10.5. The topological polar surface area (TPSA) is 66.5 Å². The van der Waals surface area contributed by atoms with E-state index >= 15 is 0 Å². The molecule has 0 aliphatic rings. The zero-order valence-corrected chi connectivity index (χ0v) is 10.3. The number of hydrogen-bond acceptors (Lipinski definition) is 4. The average molecular weight is 252 g/mol. The van der Waals surface area contributed by atoms with Crippen LogP contribution in [0.2, 0.25) is 5.15 Å². The second-order valence-corrected chi connectivity index (χ2v) is 4.04. The number of anilines is 1. The molecule has 2 N–H and O–H groups in total. The van der Waals surface area contributed by atoms with Crippen LogP contribution in [0.5, 0.6) is 0 Å². The Kier molecular flexibility index (Phi) is 3.93. The molecule has 2 aromatic rings. The van der Waals surface area contributed by atoms with Crippen LogP contribution in [0, 0.1) is 0 Å². The highest BCUT2D eigenvalue weighted by Crippen LogP contribution is 2.21. The second kappa shape index (κ2) is 5.63. The van der Waals surface area contributed by atoms with Gasteiger partial charge in [-0.2, -0.15) is 5.10 Å². The van der Waals surface area contributed by atoms with E-state index in [4.69, 9.17) is 11.6 Å². The molecule has 2 rings (SSSR count). The predicted molar refractivity (Wildman–Crippen MR) is 67.0 cm³/mol. The van der Waals surface area contributed by atoms with Crippen LogP contribution in [-0.2, 0) is 13.0 Å². The molecule has 2 aromatic heterocycles. The van der Waals surface area contributed by atoms with Crippen LogP contribution in [0.3, 0.4) is 0 Å². The Morgan fingerprint density at radius 2 is 2.29 bits per heavy atom. The lowest BCUT2D eigenvalue weighted by Crippen LogP contribution is -2.06. The first-order valence-corrected chi connectivity index (χ1v) is 5.90. The molecule has 0 unspecified atom stereocenters. The zero-order valence-electron chi connectivity index (χ0n) is 9.57. The summed E-state index contributed by atoms with van der Waals surface area (Å²) < 4.78 is 0. The van der Waals surface area contributed by atoms with E-state index in [-0.39, 0.29) is 0 Å². The van der Waals surface area contributed by atoms with Crippen molar-refractivity contribution >= 4 is 17.4 Å². The van der Waals surface area contributed by atoms with Crippen molar-refractivity contribution in [3.8, 4) is 0 Å². The van der Waals surface area contributed by atoms with Crippen LogP contribution in [-0.4, -0.2) is 20.2 Å². The average Bonchev–Trinajstić information content (AvgIpc) is 2.83. The van der Waals surface area contributed by atoms with Crippen molar-refractivity contribution in [2.45, 2.75) is 26.3 Å². The molecule has 90 valence electrons. The lowest BCUT2D eigenvalue weighted by Gasteiger charge is -2.10. The van der Waals surface area contributed by atoms with Crippen molar-refractivity contribution in [1.29, 1.82) is 0 Å². The molecule has 0 saturated carbocycles. The molecule has 6 heteroatoms. The van der Waals surface area contributed by atoms with Crippen molar-refractivity contribution in [2.75, 3.05) is 5.32 Å². The summed E-state index contributed by atoms with van der Waals surface area (Å²) in [5.74, 6) is 0.793. The molecule has 0 aliphatic heterocycles. The highest BCUT2D eigenvalue weighted by atomic mass is 35.5. The first-order chi connectivity index (χ1) is 8.31. The Labute approximate surface area is 105 Å². The van der Waals surface area contributed by atoms with Crippen LogP contribution in [0.4, 0.5) is 5.82 Å². The van der Waals surface area contributed by atoms with E-state index in [9.17, 15) is 0 Å². The van der Waals surface area contributed by atoms with Crippen LogP contribution in [0.25, 0.3) is 0 Å². The normalized spacial score (nSPS) is 10.5. The number of hydrogen-bond donors (Lipinski definition) is 2. The molecule has 0 radical (unpaired) electrons. The summed E-state index contributed by atoms with van der Waals surface area (Å²) in [6, 6.07) is 1.91. The van der Waals surface area contributed by atoms with Crippen molar-refractivity contribution < 1.29 is 0 Å². The summed E-state index contributed by atoms with van der Waals surface area (Å²) in [6.45, 7) is 2.74.